The van der Waals surface area contributed by atoms with Crippen molar-refractivity contribution < 1.29 is 27.6 Å². The Hall–Kier alpha value is -4.58. The number of hydrogen-bond acceptors (Lipinski definition) is 6. The second-order valence-electron chi connectivity index (χ2n) is 12.2. The second-order valence-corrected chi connectivity index (χ2v) is 12.2. The molecular weight excluding hydrogens is 568 g/mol. The average molecular weight is 607 g/mol. The Morgan fingerprint density at radius 2 is 1.70 bits per heavy atom. The highest BCUT2D eigenvalue weighted by Gasteiger charge is 2.26. The van der Waals surface area contributed by atoms with Crippen LogP contribution in [0.5, 0.6) is 5.75 Å². The average Bonchev–Trinajstić information content (AvgIpc) is 3.39. The number of hydrogen-bond donors (Lipinski definition) is 3. The molecule has 0 unspecified atom stereocenters. The van der Waals surface area contributed by atoms with Gasteiger partial charge in [0.1, 0.15) is 0 Å². The lowest BCUT2D eigenvalue weighted by Gasteiger charge is -2.31. The second kappa shape index (κ2) is 12.6. The standard InChI is InChI=1S/C32H37F2N7O3/c1-19-16-22(10-11-23(19)32(43)39-21-8-6-20(7-9-21)37-27(42)18-41(2,3)4)38-30-31-36-17-25(40(31)15-14-35-30)24-12-13-26(44-5)29(34)28(24)33/h10-17,20-21H,6-9,18H2,1-5H3,(H2-,35,37,38,39,42,43)/p+1. The number of rotatable bonds is 9. The lowest BCUT2D eigenvalue weighted by molar-refractivity contribution is -0.862. The molecule has 0 aliphatic heterocycles. The number of aryl methyl sites for hydroxylation is 1. The molecule has 0 spiro atoms. The lowest BCUT2D eigenvalue weighted by atomic mass is 9.90. The van der Waals surface area contributed by atoms with Crippen molar-refractivity contribution in [3.63, 3.8) is 0 Å². The van der Waals surface area contributed by atoms with Crippen molar-refractivity contribution in [1.29, 1.82) is 0 Å². The number of likely N-dealkylation sites (N-methyl/N-ethyl adjacent to an activating group) is 1. The van der Waals surface area contributed by atoms with Crippen molar-refractivity contribution in [2.24, 2.45) is 0 Å². The highest BCUT2D eigenvalue weighted by Crippen LogP contribution is 2.31. The van der Waals surface area contributed by atoms with Crippen molar-refractivity contribution in [3.05, 3.63) is 71.7 Å². The molecule has 3 N–H and O–H groups in total. The number of fused-ring (bicyclic) bond motifs is 1. The number of nitrogens with zero attached hydrogens (tertiary/aromatic N) is 4. The molecule has 2 heterocycles. The fourth-order valence-electron chi connectivity index (χ4n) is 5.58. The molecule has 2 aromatic heterocycles. The minimum Gasteiger partial charge on any atom is -0.494 e. The maximum Gasteiger partial charge on any atom is 0.275 e. The Morgan fingerprint density at radius 1 is 1.00 bits per heavy atom. The normalized spacial score (nSPS) is 16.9. The summed E-state index contributed by atoms with van der Waals surface area (Å²) in [6.45, 7) is 2.29. The number of carbonyl (C=O) groups is 2. The van der Waals surface area contributed by atoms with Crippen LogP contribution in [-0.4, -0.2) is 77.5 Å². The molecule has 0 radical (unpaired) electrons. The van der Waals surface area contributed by atoms with Crippen LogP contribution in [-0.2, 0) is 4.79 Å². The van der Waals surface area contributed by atoms with E-state index in [1.54, 1.807) is 22.7 Å². The van der Waals surface area contributed by atoms with Crippen LogP contribution < -0.4 is 20.7 Å². The molecule has 1 fully saturated rings. The molecular formula is C32H38F2N7O3+. The van der Waals surface area contributed by atoms with Gasteiger partial charge >= 0.3 is 0 Å². The first-order valence-electron chi connectivity index (χ1n) is 14.6. The molecule has 5 rings (SSSR count). The van der Waals surface area contributed by atoms with E-state index in [4.69, 9.17) is 4.74 Å². The molecule has 0 saturated heterocycles. The van der Waals surface area contributed by atoms with Crippen molar-refractivity contribution in [2.45, 2.75) is 44.7 Å². The highest BCUT2D eigenvalue weighted by molar-refractivity contribution is 5.96. The van der Waals surface area contributed by atoms with E-state index in [1.165, 1.54) is 31.6 Å². The van der Waals surface area contributed by atoms with Crippen molar-refractivity contribution in [1.82, 2.24) is 25.0 Å². The van der Waals surface area contributed by atoms with Gasteiger partial charge in [-0.2, -0.15) is 4.39 Å². The third-order valence-corrected chi connectivity index (χ3v) is 7.75. The van der Waals surface area contributed by atoms with E-state index in [-0.39, 0.29) is 35.2 Å². The summed E-state index contributed by atoms with van der Waals surface area (Å²) >= 11 is 0. The number of aromatic nitrogens is 3. The highest BCUT2D eigenvalue weighted by atomic mass is 19.2. The van der Waals surface area contributed by atoms with E-state index in [0.717, 1.165) is 31.2 Å². The van der Waals surface area contributed by atoms with Crippen LogP contribution in [0.2, 0.25) is 0 Å². The number of nitrogens with one attached hydrogen (secondary N) is 3. The van der Waals surface area contributed by atoms with E-state index in [0.29, 0.717) is 39.4 Å². The Morgan fingerprint density at radius 3 is 2.36 bits per heavy atom. The molecule has 0 bridgehead atoms. The molecule has 1 aliphatic carbocycles. The SMILES string of the molecule is COc1ccc(-c2cnc3c(Nc4ccc(C(=O)NC5CCC(NC(=O)C[N+](C)(C)C)CC5)c(C)c4)nccn23)c(F)c1F. The number of amides is 2. The van der Waals surface area contributed by atoms with Gasteiger partial charge in [0.25, 0.3) is 11.8 Å². The van der Waals surface area contributed by atoms with Crippen molar-refractivity contribution in [3.8, 4) is 17.0 Å². The first-order chi connectivity index (χ1) is 20.9. The van der Waals surface area contributed by atoms with Crippen LogP contribution in [0.4, 0.5) is 20.3 Å². The third-order valence-electron chi connectivity index (χ3n) is 7.75. The van der Waals surface area contributed by atoms with Crippen LogP contribution in [0.3, 0.4) is 0 Å². The molecule has 1 aliphatic rings. The number of carbonyl (C=O) groups excluding carboxylic acids is 2. The lowest BCUT2D eigenvalue weighted by Crippen LogP contribution is -2.49. The molecule has 0 atom stereocenters. The third kappa shape index (κ3) is 6.80. The predicted octanol–water partition coefficient (Wildman–Crippen LogP) is 4.60. The summed E-state index contributed by atoms with van der Waals surface area (Å²) in [5, 5.41) is 9.50. The molecule has 4 aromatic rings. The molecule has 10 nitrogen and oxygen atoms in total. The molecule has 44 heavy (non-hydrogen) atoms. The zero-order chi connectivity index (χ0) is 31.6. The predicted molar refractivity (Wildman–Crippen MR) is 164 cm³/mol. The zero-order valence-corrected chi connectivity index (χ0v) is 25.6. The molecule has 12 heteroatoms. The fourth-order valence-corrected chi connectivity index (χ4v) is 5.58. The van der Waals surface area contributed by atoms with Crippen LogP contribution in [0.25, 0.3) is 16.9 Å². The Kier molecular flexibility index (Phi) is 8.82. The molecule has 1 saturated carbocycles. The van der Waals surface area contributed by atoms with Gasteiger partial charge < -0.3 is 25.2 Å². The Labute approximate surface area is 255 Å². The molecule has 2 amide bonds. The van der Waals surface area contributed by atoms with Crippen molar-refractivity contribution >= 4 is 29.0 Å². The summed E-state index contributed by atoms with van der Waals surface area (Å²) in [6, 6.07) is 8.39. The first kappa shape index (κ1) is 30.9. The van der Waals surface area contributed by atoms with E-state index >= 15 is 0 Å². The maximum atomic E-state index is 14.8. The number of methoxy groups -OCH3 is 1. The van der Waals surface area contributed by atoms with Gasteiger partial charge in [-0.05, 0) is 68.5 Å². The van der Waals surface area contributed by atoms with E-state index in [9.17, 15) is 18.4 Å². The van der Waals surface area contributed by atoms with E-state index in [2.05, 4.69) is 25.9 Å². The fraction of sp³-hybridized carbons (Fsp3) is 0.375. The summed E-state index contributed by atoms with van der Waals surface area (Å²) in [5.74, 6) is -1.96. The molecule has 232 valence electrons. The van der Waals surface area contributed by atoms with Gasteiger partial charge in [0.05, 0.1) is 40.1 Å². The van der Waals surface area contributed by atoms with Gasteiger partial charge in [-0.25, -0.2) is 14.4 Å². The topological polar surface area (TPSA) is 110 Å². The summed E-state index contributed by atoms with van der Waals surface area (Å²) in [6.07, 6.45) is 7.86. The largest absolute Gasteiger partial charge is 0.494 e. The van der Waals surface area contributed by atoms with Gasteiger partial charge in [0.2, 0.25) is 5.82 Å². The Bertz CT molecular complexity index is 1690. The van der Waals surface area contributed by atoms with Crippen LogP contribution in [0.1, 0.15) is 41.6 Å². The van der Waals surface area contributed by atoms with Crippen molar-refractivity contribution in [2.75, 3.05) is 40.1 Å². The number of anilines is 2. The summed E-state index contributed by atoms with van der Waals surface area (Å²) in [5.41, 5.74) is 2.85. The van der Waals surface area contributed by atoms with E-state index in [1.807, 2.05) is 34.1 Å². The van der Waals surface area contributed by atoms with Gasteiger partial charge in [-0.15, -0.1) is 0 Å². The maximum absolute atomic E-state index is 14.8. The van der Waals surface area contributed by atoms with Crippen LogP contribution in [0, 0.1) is 18.6 Å². The minimum atomic E-state index is -1.07. The quantitative estimate of drug-likeness (QED) is 0.241. The van der Waals surface area contributed by atoms with Gasteiger partial charge in [0.15, 0.2) is 29.6 Å². The first-order valence-corrected chi connectivity index (χ1v) is 14.6. The van der Waals surface area contributed by atoms with Gasteiger partial charge in [-0.1, -0.05) is 0 Å². The molecule has 2 aromatic carbocycles. The van der Waals surface area contributed by atoms with Gasteiger partial charge in [-0.3, -0.25) is 14.0 Å². The summed E-state index contributed by atoms with van der Waals surface area (Å²) in [7, 11) is 7.24. The minimum absolute atomic E-state index is 0.0391. The Balaban J connectivity index is 1.23. The van der Waals surface area contributed by atoms with Crippen LogP contribution >= 0.6 is 0 Å². The summed E-state index contributed by atoms with van der Waals surface area (Å²) in [4.78, 5) is 34.2. The smallest absolute Gasteiger partial charge is 0.275 e. The number of imidazole rings is 1. The zero-order valence-electron chi connectivity index (χ0n) is 25.6. The van der Waals surface area contributed by atoms with Crippen LogP contribution in [0.15, 0.2) is 48.9 Å². The number of quaternary nitrogens is 1. The number of benzene rings is 2. The summed E-state index contributed by atoms with van der Waals surface area (Å²) < 4.78 is 36.3. The number of halogens is 2. The number of ether oxygens (including phenoxy) is 1. The van der Waals surface area contributed by atoms with E-state index < -0.39 is 11.6 Å². The van der Waals surface area contributed by atoms with Gasteiger partial charge in [0, 0.05) is 41.3 Å². The monoisotopic (exact) mass is 606 g/mol.